The van der Waals surface area contributed by atoms with Crippen LogP contribution in [0.1, 0.15) is 93.1 Å². The average Bonchev–Trinajstić information content (AvgIpc) is 3.81. The first-order chi connectivity index (χ1) is 31.0. The number of carbonyl (C=O) groups is 2. The van der Waals surface area contributed by atoms with Crippen LogP contribution >= 0.6 is 11.3 Å². The third kappa shape index (κ3) is 7.89. The van der Waals surface area contributed by atoms with Crippen LogP contribution in [0.2, 0.25) is 0 Å². The molecule has 10 rings (SSSR count). The number of aliphatic hydroxyl groups is 1. The quantitative estimate of drug-likeness (QED) is 0.109. The van der Waals surface area contributed by atoms with Crippen molar-refractivity contribution < 1.29 is 24.3 Å². The minimum Gasteiger partial charge on any atom is -0.507 e. The Hall–Kier alpha value is -6.52. The lowest BCUT2D eigenvalue weighted by Crippen LogP contribution is -2.48. The minimum atomic E-state index is -0.840. The van der Waals surface area contributed by atoms with Crippen LogP contribution in [0.5, 0.6) is 5.75 Å². The van der Waals surface area contributed by atoms with E-state index < -0.39 is 18.1 Å². The summed E-state index contributed by atoms with van der Waals surface area (Å²) in [5.74, 6) is -0.132. The van der Waals surface area contributed by atoms with Gasteiger partial charge < -0.3 is 34.4 Å². The number of phenols is 1. The van der Waals surface area contributed by atoms with Crippen molar-refractivity contribution in [2.24, 2.45) is 5.92 Å². The van der Waals surface area contributed by atoms with Crippen LogP contribution < -0.4 is 10.2 Å². The van der Waals surface area contributed by atoms with E-state index in [1.165, 1.54) is 10.6 Å². The Kier molecular flexibility index (Phi) is 10.9. The highest BCUT2D eigenvalue weighted by atomic mass is 32.1. The number of likely N-dealkylation sites (tertiary alicyclic amines) is 1. The molecule has 15 nitrogen and oxygen atoms in total. The van der Waals surface area contributed by atoms with Crippen LogP contribution in [0.3, 0.4) is 0 Å². The first kappa shape index (κ1) is 41.5. The molecule has 7 heterocycles. The van der Waals surface area contributed by atoms with Crippen molar-refractivity contribution in [3.8, 4) is 38.7 Å². The number of rotatable bonds is 12. The van der Waals surface area contributed by atoms with Crippen molar-refractivity contribution in [2.45, 2.75) is 89.4 Å². The Balaban J connectivity index is 0.807. The number of carbonyl (C=O) groups excluding carboxylic acids is 2. The third-order valence-electron chi connectivity index (χ3n) is 12.9. The number of phenolic OH excluding ortho intramolecular Hbond substituents is 1. The monoisotopic (exact) mass is 878 g/mol. The fraction of sp³-hybridized carbons (Fsp3) is 0.375. The topological polar surface area (TPSA) is 189 Å². The molecule has 16 heteroatoms. The molecule has 3 fully saturated rings. The molecule has 0 radical (unpaired) electrons. The summed E-state index contributed by atoms with van der Waals surface area (Å²) in [6.45, 7) is 9.34. The summed E-state index contributed by atoms with van der Waals surface area (Å²) in [4.78, 5) is 46.8. The molecule has 0 bridgehead atoms. The van der Waals surface area contributed by atoms with Crippen molar-refractivity contribution in [3.05, 3.63) is 107 Å². The smallest absolute Gasteiger partial charge is 0.243 e. The zero-order valence-corrected chi connectivity index (χ0v) is 36.9. The van der Waals surface area contributed by atoms with Crippen LogP contribution in [0.15, 0.2) is 89.2 Å². The van der Waals surface area contributed by atoms with Crippen molar-refractivity contribution >= 4 is 40.1 Å². The second-order valence-electron chi connectivity index (χ2n) is 17.7. The Morgan fingerprint density at radius 2 is 1.69 bits per heavy atom. The molecular formula is C48H50N10O5S. The molecule has 7 aromatic rings. The van der Waals surface area contributed by atoms with Crippen molar-refractivity contribution in [3.63, 3.8) is 0 Å². The second kappa shape index (κ2) is 16.9. The number of benzene rings is 2. The Bertz CT molecular complexity index is 2830. The van der Waals surface area contributed by atoms with Gasteiger partial charge in [0, 0.05) is 73.3 Å². The molecule has 2 saturated heterocycles. The van der Waals surface area contributed by atoms with Crippen LogP contribution in [0.4, 0.5) is 5.95 Å². The van der Waals surface area contributed by atoms with Gasteiger partial charge in [0.15, 0.2) is 0 Å². The standard InChI is InChI=1S/C48H50N10O5S/c1-26(2)44(47(62)57-24-34(59)17-41(57)46(61)52-27(3)29-9-11-30(12-10-29)45-28(4)51-25-64-45)43-20-36(55-63-43)32-21-49-48(50-22-32)56-16-15-31(23-56)39-19-38-40(58(39)33-13-14-33)18-37(53-54-38)35-7-5-6-8-42(35)60/h5-12,18-22,25-27,31,33-34,41,44,59-60H,13-17,23-24H2,1-4H3,(H,52,61)/t27-,31-,34+,41-,44?/m0/s1. The van der Waals surface area contributed by atoms with Gasteiger partial charge in [-0.3, -0.25) is 9.59 Å². The summed E-state index contributed by atoms with van der Waals surface area (Å²) >= 11 is 1.59. The number of anilines is 1. The van der Waals surface area contributed by atoms with E-state index in [-0.39, 0.29) is 48.4 Å². The normalized spacial score (nSPS) is 19.8. The molecule has 2 aromatic carbocycles. The van der Waals surface area contributed by atoms with Crippen LogP contribution in [0.25, 0.3) is 44.0 Å². The van der Waals surface area contributed by atoms with Gasteiger partial charge >= 0.3 is 0 Å². The Morgan fingerprint density at radius 1 is 0.906 bits per heavy atom. The Labute approximate surface area is 374 Å². The Morgan fingerprint density at radius 3 is 2.41 bits per heavy atom. The van der Waals surface area contributed by atoms with E-state index in [1.54, 1.807) is 41.9 Å². The van der Waals surface area contributed by atoms with Crippen molar-refractivity contribution in [1.82, 2.24) is 45.1 Å². The molecule has 1 unspecified atom stereocenters. The molecule has 5 atom stereocenters. The maximum Gasteiger partial charge on any atom is 0.243 e. The molecule has 1 aliphatic carbocycles. The van der Waals surface area contributed by atoms with E-state index >= 15 is 0 Å². The summed E-state index contributed by atoms with van der Waals surface area (Å²) in [5.41, 5.74) is 10.4. The number of aromatic hydroxyl groups is 1. The second-order valence-corrected chi connectivity index (χ2v) is 18.6. The number of fused-ring (bicyclic) bond motifs is 1. The summed E-state index contributed by atoms with van der Waals surface area (Å²) in [7, 11) is 0. The number of hydrogen-bond donors (Lipinski definition) is 3. The molecule has 64 heavy (non-hydrogen) atoms. The molecule has 1 saturated carbocycles. The molecular weight excluding hydrogens is 829 g/mol. The zero-order valence-electron chi connectivity index (χ0n) is 36.1. The van der Waals surface area contributed by atoms with Crippen LogP contribution in [-0.2, 0) is 9.59 Å². The van der Waals surface area contributed by atoms with Crippen molar-refractivity contribution in [1.29, 1.82) is 0 Å². The number of aryl methyl sites for hydroxylation is 1. The summed E-state index contributed by atoms with van der Waals surface area (Å²) in [5, 5.41) is 37.7. The number of hydrogen-bond acceptors (Lipinski definition) is 13. The summed E-state index contributed by atoms with van der Waals surface area (Å²) in [6.07, 6.45) is 5.93. The first-order valence-electron chi connectivity index (χ1n) is 22.0. The van der Waals surface area contributed by atoms with Gasteiger partial charge in [0.2, 0.25) is 17.8 Å². The van der Waals surface area contributed by atoms with E-state index in [9.17, 15) is 19.8 Å². The number of aliphatic hydroxyl groups excluding tert-OH is 1. The lowest BCUT2D eigenvalue weighted by Gasteiger charge is -2.29. The number of thiazole rings is 1. The molecule has 328 valence electrons. The van der Waals surface area contributed by atoms with Gasteiger partial charge in [0.05, 0.1) is 39.4 Å². The number of amides is 2. The number of nitrogens with zero attached hydrogens (tertiary/aromatic N) is 9. The molecule has 3 aliphatic rings. The number of nitrogens with one attached hydrogen (secondary N) is 1. The molecule has 0 spiro atoms. The van der Waals surface area contributed by atoms with E-state index in [0.717, 1.165) is 65.1 Å². The molecule has 2 amide bonds. The van der Waals surface area contributed by atoms with Crippen molar-refractivity contribution in [2.75, 3.05) is 24.5 Å². The van der Waals surface area contributed by atoms with Gasteiger partial charge in [-0.2, -0.15) is 0 Å². The molecule has 2 aliphatic heterocycles. The number of β-amino-alcohol motifs (C(OH)–C–C–N with tert-alkyl or cyclic N) is 1. The van der Waals surface area contributed by atoms with E-state index in [1.807, 2.05) is 75.7 Å². The van der Waals surface area contributed by atoms with Gasteiger partial charge in [-0.1, -0.05) is 55.4 Å². The predicted molar refractivity (Wildman–Crippen MR) is 243 cm³/mol. The predicted octanol–water partition coefficient (Wildman–Crippen LogP) is 7.59. The fourth-order valence-corrected chi connectivity index (χ4v) is 10.2. The van der Waals surface area contributed by atoms with Gasteiger partial charge in [-0.25, -0.2) is 15.0 Å². The zero-order chi connectivity index (χ0) is 44.2. The van der Waals surface area contributed by atoms with Gasteiger partial charge in [0.1, 0.15) is 34.7 Å². The van der Waals surface area contributed by atoms with Gasteiger partial charge in [0.25, 0.3) is 0 Å². The lowest BCUT2D eigenvalue weighted by molar-refractivity contribution is -0.141. The molecule has 3 N–H and O–H groups in total. The highest BCUT2D eigenvalue weighted by molar-refractivity contribution is 7.13. The lowest BCUT2D eigenvalue weighted by atomic mass is 9.91. The number of aromatic nitrogens is 7. The number of para-hydroxylation sites is 1. The fourth-order valence-electron chi connectivity index (χ4n) is 9.40. The van der Waals surface area contributed by atoms with Gasteiger partial charge in [-0.15, -0.1) is 21.5 Å². The van der Waals surface area contributed by atoms with E-state index in [0.29, 0.717) is 40.3 Å². The largest absolute Gasteiger partial charge is 0.507 e. The highest BCUT2D eigenvalue weighted by Gasteiger charge is 2.44. The minimum absolute atomic E-state index is 0.0442. The SMILES string of the molecule is Cc1ncsc1-c1ccc([C@H](C)NC(=O)[C@@H]2C[C@@H](O)CN2C(=O)C(c2cc(-c3cnc(N4CC[C@H](c5cc6nnc(-c7ccccc7O)cc6n5C5CC5)C4)nc3)no2)C(C)C)cc1. The maximum absolute atomic E-state index is 14.3. The summed E-state index contributed by atoms with van der Waals surface area (Å²) in [6, 6.07) is 20.5. The van der Waals surface area contributed by atoms with E-state index in [2.05, 4.69) is 41.2 Å². The summed E-state index contributed by atoms with van der Waals surface area (Å²) < 4.78 is 8.28. The van der Waals surface area contributed by atoms with E-state index in [4.69, 9.17) is 14.5 Å². The highest BCUT2D eigenvalue weighted by Crippen LogP contribution is 2.44. The average molecular weight is 879 g/mol. The molecule has 5 aromatic heterocycles. The maximum atomic E-state index is 14.3. The first-order valence-corrected chi connectivity index (χ1v) is 22.9. The van der Waals surface area contributed by atoms with Gasteiger partial charge in [-0.05, 0) is 74.4 Å². The van der Waals surface area contributed by atoms with Crippen LogP contribution in [0, 0.1) is 12.8 Å². The van der Waals surface area contributed by atoms with Crippen LogP contribution in [-0.4, -0.2) is 93.6 Å². The third-order valence-corrected chi connectivity index (χ3v) is 13.9.